The second-order valence-corrected chi connectivity index (χ2v) is 4.78. The van der Waals surface area contributed by atoms with Crippen molar-refractivity contribution in [1.29, 1.82) is 0 Å². The van der Waals surface area contributed by atoms with E-state index in [9.17, 15) is 4.79 Å². The Morgan fingerprint density at radius 1 is 1.36 bits per heavy atom. The van der Waals surface area contributed by atoms with Crippen molar-refractivity contribution in [1.82, 2.24) is 0 Å². The van der Waals surface area contributed by atoms with E-state index in [-0.39, 0.29) is 5.78 Å². The quantitative estimate of drug-likeness (QED) is 0.752. The van der Waals surface area contributed by atoms with Gasteiger partial charge in [0.2, 0.25) is 0 Å². The Morgan fingerprint density at radius 2 is 2.07 bits per heavy atom. The molecule has 0 atom stereocenters. The Hall–Kier alpha value is -0.180. The molecule has 76 valence electrons. The van der Waals surface area contributed by atoms with E-state index >= 15 is 0 Å². The van der Waals surface area contributed by atoms with Crippen LogP contribution in [-0.2, 0) is 0 Å². The fourth-order valence-electron chi connectivity index (χ4n) is 0.948. The van der Waals surface area contributed by atoms with Crippen LogP contribution in [0.5, 0.6) is 0 Å². The number of carbonyl (C=O) groups is 1. The summed E-state index contributed by atoms with van der Waals surface area (Å²) in [6.07, 6.45) is 0. The van der Waals surface area contributed by atoms with Crippen LogP contribution in [0.3, 0.4) is 0 Å². The van der Waals surface area contributed by atoms with Crippen molar-refractivity contribution in [2.45, 2.75) is 6.92 Å². The average molecular weight is 249 g/mol. The topological polar surface area (TPSA) is 17.1 Å². The summed E-state index contributed by atoms with van der Waals surface area (Å²) in [7, 11) is 0. The summed E-state index contributed by atoms with van der Waals surface area (Å²) >= 11 is 13.1. The van der Waals surface area contributed by atoms with Gasteiger partial charge in [-0.3, -0.25) is 4.79 Å². The summed E-state index contributed by atoms with van der Waals surface area (Å²) in [5, 5.41) is 0.908. The maximum absolute atomic E-state index is 11.5. The second-order valence-electron chi connectivity index (χ2n) is 2.69. The summed E-state index contributed by atoms with van der Waals surface area (Å²) in [5.41, 5.74) is 0.625. The van der Waals surface area contributed by atoms with Crippen LogP contribution in [-0.4, -0.2) is 17.3 Å². The van der Waals surface area contributed by atoms with Crippen LogP contribution < -0.4 is 0 Å². The van der Waals surface area contributed by atoms with Gasteiger partial charge < -0.3 is 0 Å². The van der Waals surface area contributed by atoms with Crippen LogP contribution in [0.2, 0.25) is 10.0 Å². The zero-order chi connectivity index (χ0) is 10.6. The summed E-state index contributed by atoms with van der Waals surface area (Å²) in [6, 6.07) is 4.96. The Morgan fingerprint density at radius 3 is 2.64 bits per heavy atom. The minimum absolute atomic E-state index is 0.0930. The molecule has 0 fully saturated rings. The molecule has 1 nitrogen and oxygen atoms in total. The van der Waals surface area contributed by atoms with E-state index in [2.05, 4.69) is 0 Å². The third-order valence-electron chi connectivity index (χ3n) is 1.68. The smallest absolute Gasteiger partial charge is 0.172 e. The van der Waals surface area contributed by atoms with E-state index in [0.29, 0.717) is 21.4 Å². The zero-order valence-corrected chi connectivity index (χ0v) is 10.0. The molecule has 0 radical (unpaired) electrons. The molecule has 0 unspecified atom stereocenters. The van der Waals surface area contributed by atoms with Crippen molar-refractivity contribution in [2.24, 2.45) is 0 Å². The van der Waals surface area contributed by atoms with Crippen molar-refractivity contribution in [3.8, 4) is 0 Å². The molecule has 0 spiro atoms. The van der Waals surface area contributed by atoms with E-state index in [4.69, 9.17) is 23.2 Å². The first-order chi connectivity index (χ1) is 6.65. The Labute approximate surface area is 97.8 Å². The van der Waals surface area contributed by atoms with E-state index in [0.717, 1.165) is 5.75 Å². The normalized spacial score (nSPS) is 10.2. The van der Waals surface area contributed by atoms with E-state index in [1.165, 1.54) is 0 Å². The van der Waals surface area contributed by atoms with Crippen LogP contribution in [0.4, 0.5) is 0 Å². The molecule has 0 aliphatic heterocycles. The number of benzene rings is 1. The summed E-state index contributed by atoms with van der Waals surface area (Å²) in [5.74, 6) is 1.53. The monoisotopic (exact) mass is 248 g/mol. The van der Waals surface area contributed by atoms with Gasteiger partial charge in [-0.15, -0.1) is 0 Å². The molecule has 0 N–H and O–H groups in total. The number of ketones is 1. The van der Waals surface area contributed by atoms with Crippen LogP contribution in [0.25, 0.3) is 0 Å². The largest absolute Gasteiger partial charge is 0.293 e. The average Bonchev–Trinajstić information content (AvgIpc) is 2.18. The molecule has 14 heavy (non-hydrogen) atoms. The maximum Gasteiger partial charge on any atom is 0.172 e. The Balaban J connectivity index is 2.76. The van der Waals surface area contributed by atoms with Crippen LogP contribution in [0, 0.1) is 0 Å². The second kappa shape index (κ2) is 5.64. The number of thioether (sulfide) groups is 1. The van der Waals surface area contributed by atoms with E-state index in [1.54, 1.807) is 30.0 Å². The Kier molecular flexibility index (Phi) is 4.79. The highest BCUT2D eigenvalue weighted by atomic mass is 35.5. The predicted octanol–water partition coefficient (Wildman–Crippen LogP) is 3.93. The fraction of sp³-hybridized carbons (Fsp3) is 0.300. The van der Waals surface area contributed by atoms with Crippen molar-refractivity contribution in [2.75, 3.05) is 11.5 Å². The van der Waals surface area contributed by atoms with Crippen molar-refractivity contribution in [3.05, 3.63) is 33.8 Å². The molecule has 0 aliphatic rings. The molecule has 1 aromatic carbocycles. The SMILES string of the molecule is CCSCC(=O)c1ccc(Cl)c(Cl)c1. The third kappa shape index (κ3) is 3.19. The molecule has 4 heteroatoms. The number of rotatable bonds is 4. The molecule has 0 heterocycles. The van der Waals surface area contributed by atoms with Gasteiger partial charge in [-0.25, -0.2) is 0 Å². The summed E-state index contributed by atoms with van der Waals surface area (Å²) in [6.45, 7) is 2.02. The zero-order valence-electron chi connectivity index (χ0n) is 7.72. The maximum atomic E-state index is 11.5. The summed E-state index contributed by atoms with van der Waals surface area (Å²) in [4.78, 5) is 11.5. The number of halogens is 2. The molecular formula is C10H10Cl2OS. The first-order valence-electron chi connectivity index (χ1n) is 4.21. The summed E-state index contributed by atoms with van der Waals surface area (Å²) < 4.78 is 0. The molecule has 0 bridgehead atoms. The van der Waals surface area contributed by atoms with Gasteiger partial charge in [0.1, 0.15) is 0 Å². The standard InChI is InChI=1S/C10H10Cl2OS/c1-2-14-6-10(13)7-3-4-8(11)9(12)5-7/h3-5H,2,6H2,1H3. The molecule has 0 saturated heterocycles. The van der Waals surface area contributed by atoms with Gasteiger partial charge in [0.15, 0.2) is 5.78 Å². The van der Waals surface area contributed by atoms with E-state index in [1.807, 2.05) is 6.92 Å². The molecule has 1 aromatic rings. The highest BCUT2D eigenvalue weighted by Crippen LogP contribution is 2.23. The van der Waals surface area contributed by atoms with Gasteiger partial charge in [0.05, 0.1) is 15.8 Å². The lowest BCUT2D eigenvalue weighted by Gasteiger charge is -2.01. The first kappa shape index (κ1) is 11.9. The van der Waals surface area contributed by atoms with Crippen molar-refractivity contribution >= 4 is 40.7 Å². The molecule has 0 saturated carbocycles. The van der Waals surface area contributed by atoms with Gasteiger partial charge in [0, 0.05) is 5.56 Å². The third-order valence-corrected chi connectivity index (χ3v) is 3.29. The number of hydrogen-bond acceptors (Lipinski definition) is 2. The number of Topliss-reactive ketones (excluding diaryl/α,β-unsaturated/α-hetero) is 1. The highest BCUT2D eigenvalue weighted by Gasteiger charge is 2.07. The number of carbonyl (C=O) groups excluding carboxylic acids is 1. The van der Waals surface area contributed by atoms with Gasteiger partial charge in [-0.1, -0.05) is 30.1 Å². The minimum atomic E-state index is 0.0930. The lowest BCUT2D eigenvalue weighted by atomic mass is 10.1. The lowest BCUT2D eigenvalue weighted by Crippen LogP contribution is -2.02. The molecular weight excluding hydrogens is 239 g/mol. The van der Waals surface area contributed by atoms with E-state index < -0.39 is 0 Å². The highest BCUT2D eigenvalue weighted by molar-refractivity contribution is 7.99. The van der Waals surface area contributed by atoms with Crippen LogP contribution in [0.15, 0.2) is 18.2 Å². The molecule has 1 rings (SSSR count). The Bertz CT molecular complexity index is 339. The minimum Gasteiger partial charge on any atom is -0.293 e. The fourth-order valence-corrected chi connectivity index (χ4v) is 1.80. The van der Waals surface area contributed by atoms with Crippen molar-refractivity contribution < 1.29 is 4.79 Å². The number of hydrogen-bond donors (Lipinski definition) is 0. The molecule has 0 aromatic heterocycles. The van der Waals surface area contributed by atoms with Crippen molar-refractivity contribution in [3.63, 3.8) is 0 Å². The predicted molar refractivity (Wildman–Crippen MR) is 63.8 cm³/mol. The molecule has 0 aliphatic carbocycles. The lowest BCUT2D eigenvalue weighted by molar-refractivity contribution is 0.102. The van der Waals surface area contributed by atoms with Crippen LogP contribution in [0.1, 0.15) is 17.3 Å². The van der Waals surface area contributed by atoms with Gasteiger partial charge in [-0.05, 0) is 24.0 Å². The van der Waals surface area contributed by atoms with Gasteiger partial charge >= 0.3 is 0 Å². The van der Waals surface area contributed by atoms with Crippen LogP contribution >= 0.6 is 35.0 Å². The van der Waals surface area contributed by atoms with Gasteiger partial charge in [-0.2, -0.15) is 11.8 Å². The first-order valence-corrected chi connectivity index (χ1v) is 6.12. The van der Waals surface area contributed by atoms with Gasteiger partial charge in [0.25, 0.3) is 0 Å². The molecule has 0 amide bonds.